The van der Waals surface area contributed by atoms with E-state index in [4.69, 9.17) is 4.74 Å². The van der Waals surface area contributed by atoms with Crippen LogP contribution in [0.2, 0.25) is 0 Å². The third-order valence-corrected chi connectivity index (χ3v) is 6.31. The molecule has 31 heavy (non-hydrogen) atoms. The second kappa shape index (κ2) is 10.2. The van der Waals surface area contributed by atoms with Crippen molar-refractivity contribution in [1.29, 1.82) is 0 Å². The van der Waals surface area contributed by atoms with Gasteiger partial charge in [-0.15, -0.1) is 0 Å². The molecule has 1 aliphatic heterocycles. The molecule has 1 N–H and O–H groups in total. The van der Waals surface area contributed by atoms with Crippen LogP contribution < -0.4 is 10.1 Å². The van der Waals surface area contributed by atoms with Crippen LogP contribution in [0.25, 0.3) is 11.1 Å². The van der Waals surface area contributed by atoms with Gasteiger partial charge in [0.05, 0.1) is 0 Å². The van der Waals surface area contributed by atoms with E-state index in [0.717, 1.165) is 68.0 Å². The first-order chi connectivity index (χ1) is 15.1. The van der Waals surface area contributed by atoms with Gasteiger partial charge in [-0.2, -0.15) is 0 Å². The zero-order valence-electron chi connectivity index (χ0n) is 18.3. The quantitative estimate of drug-likeness (QED) is 0.735. The van der Waals surface area contributed by atoms with Crippen molar-refractivity contribution in [2.75, 3.05) is 39.8 Å². The molecule has 2 aromatic rings. The fourth-order valence-electron chi connectivity index (χ4n) is 4.40. The fraction of sp³-hybridized carbons (Fsp3) is 0.480. The summed E-state index contributed by atoms with van der Waals surface area (Å²) < 4.78 is 19.3. The third-order valence-electron chi connectivity index (χ3n) is 6.31. The fourth-order valence-corrected chi connectivity index (χ4v) is 4.40. The highest BCUT2D eigenvalue weighted by Gasteiger charge is 2.19. The van der Waals surface area contributed by atoms with Crippen LogP contribution in [0.4, 0.5) is 4.39 Å². The Hall–Kier alpha value is -2.44. The highest BCUT2D eigenvalue weighted by atomic mass is 19.1. The molecule has 1 aliphatic carbocycles. The van der Waals surface area contributed by atoms with Gasteiger partial charge in [-0.05, 0) is 55.3 Å². The van der Waals surface area contributed by atoms with E-state index in [1.54, 1.807) is 12.1 Å². The van der Waals surface area contributed by atoms with Crippen LogP contribution in [0.1, 0.15) is 31.2 Å². The molecule has 0 aromatic heterocycles. The van der Waals surface area contributed by atoms with Crippen LogP contribution in [0.3, 0.4) is 0 Å². The molecule has 1 saturated carbocycles. The smallest absolute Gasteiger partial charge is 0.258 e. The lowest BCUT2D eigenvalue weighted by atomic mass is 10.0. The van der Waals surface area contributed by atoms with Gasteiger partial charge in [-0.3, -0.25) is 9.69 Å². The van der Waals surface area contributed by atoms with Gasteiger partial charge in [0.2, 0.25) is 0 Å². The summed E-state index contributed by atoms with van der Waals surface area (Å²) >= 11 is 0. The van der Waals surface area contributed by atoms with E-state index in [1.807, 2.05) is 12.1 Å². The molecule has 1 heterocycles. The molecule has 5 nitrogen and oxygen atoms in total. The zero-order chi connectivity index (χ0) is 21.6. The van der Waals surface area contributed by atoms with Crippen molar-refractivity contribution in [1.82, 2.24) is 15.1 Å². The van der Waals surface area contributed by atoms with E-state index in [-0.39, 0.29) is 18.3 Å². The van der Waals surface area contributed by atoms with Crippen molar-refractivity contribution < 1.29 is 13.9 Å². The topological polar surface area (TPSA) is 44.8 Å². The van der Waals surface area contributed by atoms with Crippen molar-refractivity contribution >= 4 is 5.91 Å². The van der Waals surface area contributed by atoms with E-state index < -0.39 is 0 Å². The van der Waals surface area contributed by atoms with Gasteiger partial charge in [-0.1, -0.05) is 31.0 Å². The first-order valence-electron chi connectivity index (χ1n) is 11.3. The number of nitrogens with one attached hydrogen (secondary N) is 1. The van der Waals surface area contributed by atoms with Crippen LogP contribution >= 0.6 is 0 Å². The molecule has 166 valence electrons. The Morgan fingerprint density at radius 3 is 2.42 bits per heavy atom. The molecule has 4 rings (SSSR count). The lowest BCUT2D eigenvalue weighted by molar-refractivity contribution is -0.123. The highest BCUT2D eigenvalue weighted by molar-refractivity contribution is 5.78. The van der Waals surface area contributed by atoms with Gasteiger partial charge in [0.1, 0.15) is 11.6 Å². The lowest BCUT2D eigenvalue weighted by Gasteiger charge is -2.32. The van der Waals surface area contributed by atoms with Gasteiger partial charge < -0.3 is 15.0 Å². The number of benzene rings is 2. The Morgan fingerprint density at radius 1 is 1.03 bits per heavy atom. The molecule has 1 saturated heterocycles. The molecule has 2 aliphatic rings. The standard InChI is InChI=1S/C25H32FN3O2/c1-28-12-14-29(15-13-28)17-21-16-20(19-6-9-22(26)10-7-19)8-11-24(21)31-18-25(30)27-23-4-2-3-5-23/h6-11,16,23H,2-5,12-15,17-18H2,1H3,(H,27,30). The van der Waals surface area contributed by atoms with Gasteiger partial charge in [-0.25, -0.2) is 4.39 Å². The number of carbonyl (C=O) groups excluding carboxylic acids is 1. The van der Waals surface area contributed by atoms with E-state index >= 15 is 0 Å². The van der Waals surface area contributed by atoms with Crippen molar-refractivity contribution in [2.24, 2.45) is 0 Å². The Labute approximate surface area is 184 Å². The molecule has 1 amide bonds. The number of carbonyl (C=O) groups is 1. The maximum Gasteiger partial charge on any atom is 0.258 e. The number of likely N-dealkylation sites (N-methyl/N-ethyl adjacent to an activating group) is 1. The molecule has 2 aromatic carbocycles. The lowest BCUT2D eigenvalue weighted by Crippen LogP contribution is -2.44. The number of ether oxygens (including phenoxy) is 1. The molecule has 0 bridgehead atoms. The predicted octanol–water partition coefficient (Wildman–Crippen LogP) is 3.68. The first kappa shape index (κ1) is 21.8. The zero-order valence-corrected chi connectivity index (χ0v) is 18.3. The molecule has 2 fully saturated rings. The Bertz CT molecular complexity index is 873. The molecule has 6 heteroatoms. The molecule has 0 atom stereocenters. The van der Waals surface area contributed by atoms with E-state index in [0.29, 0.717) is 6.04 Å². The van der Waals surface area contributed by atoms with Crippen molar-refractivity contribution in [3.63, 3.8) is 0 Å². The number of rotatable bonds is 7. The number of hydrogen-bond donors (Lipinski definition) is 1. The minimum absolute atomic E-state index is 0.0299. The molecule has 0 unspecified atom stereocenters. The number of halogens is 1. The summed E-state index contributed by atoms with van der Waals surface area (Å²) in [5.41, 5.74) is 3.04. The molecular weight excluding hydrogens is 393 g/mol. The molecular formula is C25H32FN3O2. The summed E-state index contributed by atoms with van der Waals surface area (Å²) in [6, 6.07) is 12.9. The van der Waals surface area contributed by atoms with Crippen LogP contribution in [0.5, 0.6) is 5.75 Å². The normalized spacial score (nSPS) is 18.3. The summed E-state index contributed by atoms with van der Waals surface area (Å²) in [6.45, 7) is 4.87. The summed E-state index contributed by atoms with van der Waals surface area (Å²) in [6.07, 6.45) is 4.50. The number of nitrogens with zero attached hydrogens (tertiary/aromatic N) is 2. The van der Waals surface area contributed by atoms with Crippen molar-refractivity contribution in [3.8, 4) is 16.9 Å². The number of hydrogen-bond acceptors (Lipinski definition) is 4. The van der Waals surface area contributed by atoms with Crippen molar-refractivity contribution in [3.05, 3.63) is 53.8 Å². The maximum absolute atomic E-state index is 13.3. The molecule has 0 radical (unpaired) electrons. The second-order valence-electron chi connectivity index (χ2n) is 8.75. The SMILES string of the molecule is CN1CCN(Cc2cc(-c3ccc(F)cc3)ccc2OCC(=O)NC2CCCC2)CC1. The number of amides is 1. The van der Waals surface area contributed by atoms with E-state index in [1.165, 1.54) is 25.0 Å². The molecule has 0 spiro atoms. The maximum atomic E-state index is 13.3. The van der Waals surface area contributed by atoms with E-state index in [2.05, 4.69) is 28.2 Å². The average molecular weight is 426 g/mol. The summed E-state index contributed by atoms with van der Waals surface area (Å²) in [5.74, 6) is 0.445. The monoisotopic (exact) mass is 425 g/mol. The van der Waals surface area contributed by atoms with Crippen LogP contribution in [0.15, 0.2) is 42.5 Å². The van der Waals surface area contributed by atoms with Gasteiger partial charge >= 0.3 is 0 Å². The van der Waals surface area contributed by atoms with Crippen molar-refractivity contribution in [2.45, 2.75) is 38.3 Å². The van der Waals surface area contributed by atoms with Gasteiger partial charge in [0, 0.05) is 44.3 Å². The predicted molar refractivity (Wildman–Crippen MR) is 121 cm³/mol. The first-order valence-corrected chi connectivity index (χ1v) is 11.3. The Kier molecular flexibility index (Phi) is 7.20. The minimum Gasteiger partial charge on any atom is -0.483 e. The second-order valence-corrected chi connectivity index (χ2v) is 8.75. The average Bonchev–Trinajstić information content (AvgIpc) is 3.28. The third kappa shape index (κ3) is 6.05. The Balaban J connectivity index is 1.48. The van der Waals surface area contributed by atoms with Crippen LogP contribution in [0, 0.1) is 5.82 Å². The van der Waals surface area contributed by atoms with Crippen LogP contribution in [-0.2, 0) is 11.3 Å². The van der Waals surface area contributed by atoms with Crippen LogP contribution in [-0.4, -0.2) is 61.6 Å². The van der Waals surface area contributed by atoms with Gasteiger partial charge in [0.25, 0.3) is 5.91 Å². The summed E-state index contributed by atoms with van der Waals surface area (Å²) in [5, 5.41) is 3.08. The van der Waals surface area contributed by atoms with Gasteiger partial charge in [0.15, 0.2) is 6.61 Å². The number of piperazine rings is 1. The highest BCUT2D eigenvalue weighted by Crippen LogP contribution is 2.28. The Morgan fingerprint density at radius 2 is 1.71 bits per heavy atom. The largest absolute Gasteiger partial charge is 0.483 e. The van der Waals surface area contributed by atoms with E-state index in [9.17, 15) is 9.18 Å². The summed E-state index contributed by atoms with van der Waals surface area (Å²) in [7, 11) is 2.14. The summed E-state index contributed by atoms with van der Waals surface area (Å²) in [4.78, 5) is 17.1. The minimum atomic E-state index is -0.241.